The van der Waals surface area contributed by atoms with Gasteiger partial charge in [-0.25, -0.2) is 0 Å². The summed E-state index contributed by atoms with van der Waals surface area (Å²) in [6, 6.07) is 5.04. The van der Waals surface area contributed by atoms with Crippen molar-refractivity contribution in [2.75, 3.05) is 5.33 Å². The summed E-state index contributed by atoms with van der Waals surface area (Å²) in [7, 11) is 0. The second kappa shape index (κ2) is 5.47. The van der Waals surface area contributed by atoms with E-state index in [4.69, 9.17) is 11.6 Å². The van der Waals surface area contributed by atoms with Gasteiger partial charge >= 0.3 is 0 Å². The Morgan fingerprint density at radius 2 is 2.00 bits per heavy atom. The Morgan fingerprint density at radius 3 is 2.50 bits per heavy atom. The van der Waals surface area contributed by atoms with E-state index >= 15 is 0 Å². The molecule has 5 heteroatoms. The van der Waals surface area contributed by atoms with Crippen LogP contribution in [-0.4, -0.2) is 21.6 Å². The maximum atomic E-state index is 9.71. The molecule has 0 aliphatic carbocycles. The minimum Gasteiger partial charge on any atom is -0.389 e. The van der Waals surface area contributed by atoms with Gasteiger partial charge in [-0.2, -0.15) is 0 Å². The Kier molecular flexibility index (Phi) is 4.87. The molecule has 2 N–H and O–H groups in total. The van der Waals surface area contributed by atoms with Crippen molar-refractivity contribution in [2.45, 2.75) is 12.2 Å². The molecule has 2 nitrogen and oxygen atoms in total. The van der Waals surface area contributed by atoms with Crippen LogP contribution < -0.4 is 0 Å². The van der Waals surface area contributed by atoms with Crippen molar-refractivity contribution in [1.29, 1.82) is 0 Å². The van der Waals surface area contributed by atoms with E-state index in [1.807, 2.05) is 0 Å². The zero-order valence-electron chi connectivity index (χ0n) is 7.12. The van der Waals surface area contributed by atoms with Gasteiger partial charge in [0.2, 0.25) is 0 Å². The summed E-state index contributed by atoms with van der Waals surface area (Å²) in [4.78, 5) is 0. The molecule has 0 saturated heterocycles. The molecule has 0 aliphatic heterocycles. The lowest BCUT2D eigenvalue weighted by atomic mass is 10.1. The third kappa shape index (κ3) is 2.94. The van der Waals surface area contributed by atoms with Crippen LogP contribution in [0.15, 0.2) is 22.7 Å². The summed E-state index contributed by atoms with van der Waals surface area (Å²) in [5, 5.41) is 20.0. The van der Waals surface area contributed by atoms with Crippen molar-refractivity contribution in [3.63, 3.8) is 0 Å². The van der Waals surface area contributed by atoms with Gasteiger partial charge in [-0.15, -0.1) is 0 Å². The van der Waals surface area contributed by atoms with E-state index in [0.29, 0.717) is 20.4 Å². The lowest BCUT2D eigenvalue weighted by Gasteiger charge is -2.17. The highest BCUT2D eigenvalue weighted by atomic mass is 79.9. The summed E-state index contributed by atoms with van der Waals surface area (Å²) in [6.07, 6.45) is -1.74. The van der Waals surface area contributed by atoms with Gasteiger partial charge in [0, 0.05) is 14.8 Å². The van der Waals surface area contributed by atoms with Crippen LogP contribution in [0, 0.1) is 0 Å². The van der Waals surface area contributed by atoms with E-state index in [2.05, 4.69) is 31.9 Å². The molecule has 78 valence electrons. The van der Waals surface area contributed by atoms with E-state index in [1.54, 1.807) is 18.2 Å². The van der Waals surface area contributed by atoms with Crippen LogP contribution in [0.4, 0.5) is 0 Å². The van der Waals surface area contributed by atoms with Gasteiger partial charge in [-0.05, 0) is 17.7 Å². The first-order valence-electron chi connectivity index (χ1n) is 3.93. The third-order valence-corrected chi connectivity index (χ3v) is 3.39. The third-order valence-electron chi connectivity index (χ3n) is 1.80. The number of hydrogen-bond donors (Lipinski definition) is 2. The van der Waals surface area contributed by atoms with Gasteiger partial charge < -0.3 is 10.2 Å². The Morgan fingerprint density at radius 1 is 1.36 bits per heavy atom. The monoisotopic (exact) mass is 342 g/mol. The highest BCUT2D eigenvalue weighted by Crippen LogP contribution is 2.28. The number of hydrogen-bond acceptors (Lipinski definition) is 2. The topological polar surface area (TPSA) is 40.5 Å². The Labute approximate surface area is 104 Å². The Bertz CT molecular complexity index is 320. The van der Waals surface area contributed by atoms with Crippen LogP contribution >= 0.6 is 43.5 Å². The van der Waals surface area contributed by atoms with E-state index in [0.717, 1.165) is 0 Å². The number of benzene rings is 1. The van der Waals surface area contributed by atoms with Crippen molar-refractivity contribution < 1.29 is 10.2 Å². The lowest BCUT2D eigenvalue weighted by Crippen LogP contribution is -2.19. The van der Waals surface area contributed by atoms with Crippen molar-refractivity contribution in [2.24, 2.45) is 0 Å². The molecule has 0 radical (unpaired) electrons. The minimum atomic E-state index is -0.916. The molecular weight excluding hydrogens is 335 g/mol. The highest BCUT2D eigenvalue weighted by molar-refractivity contribution is 9.10. The van der Waals surface area contributed by atoms with Crippen molar-refractivity contribution in [3.8, 4) is 0 Å². The maximum absolute atomic E-state index is 9.71. The molecule has 2 atom stereocenters. The molecule has 1 rings (SSSR count). The van der Waals surface area contributed by atoms with E-state index < -0.39 is 12.2 Å². The fraction of sp³-hybridized carbons (Fsp3) is 0.333. The van der Waals surface area contributed by atoms with E-state index in [1.165, 1.54) is 0 Å². The number of aliphatic hydroxyl groups excluding tert-OH is 2. The molecule has 0 spiro atoms. The molecular formula is C9H9Br2ClO2. The molecule has 0 heterocycles. The van der Waals surface area contributed by atoms with Crippen LogP contribution in [0.1, 0.15) is 11.7 Å². The van der Waals surface area contributed by atoms with Gasteiger partial charge in [-0.1, -0.05) is 49.5 Å². The maximum Gasteiger partial charge on any atom is 0.107 e. The summed E-state index contributed by atoms with van der Waals surface area (Å²) < 4.78 is 0.692. The van der Waals surface area contributed by atoms with Crippen LogP contribution in [-0.2, 0) is 0 Å². The molecule has 1 aromatic carbocycles. The molecule has 0 aromatic heterocycles. The first-order valence-corrected chi connectivity index (χ1v) is 6.22. The van der Waals surface area contributed by atoms with Crippen LogP contribution in [0.3, 0.4) is 0 Å². The molecule has 0 amide bonds. The molecule has 14 heavy (non-hydrogen) atoms. The molecule has 0 bridgehead atoms. The smallest absolute Gasteiger partial charge is 0.107 e. The largest absolute Gasteiger partial charge is 0.389 e. The number of aliphatic hydroxyl groups is 2. The first-order chi connectivity index (χ1) is 6.56. The zero-order valence-corrected chi connectivity index (χ0v) is 11.1. The molecule has 0 aliphatic rings. The summed E-state index contributed by atoms with van der Waals surface area (Å²) in [5.74, 6) is 0. The van der Waals surface area contributed by atoms with Gasteiger partial charge in [-0.3, -0.25) is 0 Å². The zero-order chi connectivity index (χ0) is 10.7. The minimum absolute atomic E-state index is 0.323. The highest BCUT2D eigenvalue weighted by Gasteiger charge is 2.19. The van der Waals surface area contributed by atoms with Crippen LogP contribution in [0.5, 0.6) is 0 Å². The summed E-state index contributed by atoms with van der Waals surface area (Å²) in [6.45, 7) is 0. The SMILES string of the molecule is OC(CBr)C(O)c1ccc(Cl)cc1Br. The van der Waals surface area contributed by atoms with Gasteiger partial charge in [0.05, 0.1) is 6.10 Å². The van der Waals surface area contributed by atoms with Gasteiger partial charge in [0.15, 0.2) is 0 Å². The molecule has 0 fully saturated rings. The standard InChI is InChI=1S/C9H9Br2ClO2/c10-4-8(13)9(14)6-2-1-5(12)3-7(6)11/h1-3,8-9,13-14H,4H2. The molecule has 2 unspecified atom stereocenters. The fourth-order valence-corrected chi connectivity index (χ4v) is 2.30. The fourth-order valence-electron chi connectivity index (χ4n) is 1.03. The second-order valence-corrected chi connectivity index (χ2v) is 4.77. The second-order valence-electron chi connectivity index (χ2n) is 2.83. The molecule has 1 aromatic rings. The Balaban J connectivity index is 2.95. The summed E-state index contributed by atoms with van der Waals surface area (Å²) >= 11 is 12.1. The van der Waals surface area contributed by atoms with Gasteiger partial charge in [0.25, 0.3) is 0 Å². The number of halogens is 3. The van der Waals surface area contributed by atoms with Crippen molar-refractivity contribution in [3.05, 3.63) is 33.3 Å². The quantitative estimate of drug-likeness (QED) is 0.828. The van der Waals surface area contributed by atoms with Crippen molar-refractivity contribution in [1.82, 2.24) is 0 Å². The number of alkyl halides is 1. The Hall–Kier alpha value is 0.390. The predicted molar refractivity (Wildman–Crippen MR) is 63.9 cm³/mol. The average molecular weight is 344 g/mol. The lowest BCUT2D eigenvalue weighted by molar-refractivity contribution is 0.0338. The normalized spacial score (nSPS) is 15.2. The van der Waals surface area contributed by atoms with E-state index in [9.17, 15) is 10.2 Å². The first kappa shape index (κ1) is 12.5. The van der Waals surface area contributed by atoms with E-state index in [-0.39, 0.29) is 0 Å². The van der Waals surface area contributed by atoms with Crippen LogP contribution in [0.25, 0.3) is 0 Å². The van der Waals surface area contributed by atoms with Gasteiger partial charge in [0.1, 0.15) is 6.10 Å². The molecule has 0 saturated carbocycles. The average Bonchev–Trinajstić information content (AvgIpc) is 2.15. The van der Waals surface area contributed by atoms with Crippen molar-refractivity contribution >= 4 is 43.5 Å². The number of rotatable bonds is 3. The predicted octanol–water partition coefficient (Wildman–Crippen LogP) is 2.89. The summed E-state index contributed by atoms with van der Waals surface area (Å²) in [5.41, 5.74) is 0.626. The van der Waals surface area contributed by atoms with Crippen LogP contribution in [0.2, 0.25) is 5.02 Å².